The van der Waals surface area contributed by atoms with Crippen LogP contribution in [0.4, 0.5) is 16.3 Å². The molecule has 1 N–H and O–H groups in total. The molecule has 1 fully saturated rings. The van der Waals surface area contributed by atoms with Crippen molar-refractivity contribution in [1.82, 2.24) is 29.9 Å². The highest BCUT2D eigenvalue weighted by atomic mass is 16.2. The number of aryl methyl sites for hydroxylation is 3. The van der Waals surface area contributed by atoms with Crippen molar-refractivity contribution in [2.24, 2.45) is 0 Å². The number of rotatable bonds is 3. The van der Waals surface area contributed by atoms with E-state index in [0.717, 1.165) is 28.3 Å². The number of fused-ring (bicyclic) bond motifs is 1. The summed E-state index contributed by atoms with van der Waals surface area (Å²) < 4.78 is 1.76. The standard InChI is InChI=1S/C19H24N8O/c1-4-27-18-16(23-24-27)17(20-12-21-18)25-5-7-26(8-6-25)19(28)22-15-10-13(2)9-14(3)11-15/h9-12H,4-8H2,1-3H3,(H,22,28). The number of carbonyl (C=O) groups is 1. The Bertz CT molecular complexity index is 986. The van der Waals surface area contributed by atoms with Gasteiger partial charge in [0.1, 0.15) is 6.33 Å². The van der Waals surface area contributed by atoms with E-state index >= 15 is 0 Å². The van der Waals surface area contributed by atoms with Crippen molar-refractivity contribution >= 4 is 28.7 Å². The van der Waals surface area contributed by atoms with E-state index in [9.17, 15) is 4.79 Å². The lowest BCUT2D eigenvalue weighted by Crippen LogP contribution is -2.50. The molecular formula is C19H24N8O. The first-order valence-corrected chi connectivity index (χ1v) is 9.48. The summed E-state index contributed by atoms with van der Waals surface area (Å²) in [6, 6.07) is 5.98. The first-order chi connectivity index (χ1) is 13.5. The van der Waals surface area contributed by atoms with Crippen LogP contribution < -0.4 is 10.2 Å². The minimum absolute atomic E-state index is 0.0746. The normalized spacial score (nSPS) is 14.5. The van der Waals surface area contributed by atoms with Crippen molar-refractivity contribution in [3.63, 3.8) is 0 Å². The maximum Gasteiger partial charge on any atom is 0.321 e. The molecule has 9 heteroatoms. The number of piperazine rings is 1. The van der Waals surface area contributed by atoms with E-state index in [1.807, 2.05) is 37.8 Å². The average molecular weight is 380 g/mol. The molecular weight excluding hydrogens is 356 g/mol. The van der Waals surface area contributed by atoms with Crippen LogP contribution in [0.1, 0.15) is 18.1 Å². The van der Waals surface area contributed by atoms with Crippen LogP contribution in [0.3, 0.4) is 0 Å². The van der Waals surface area contributed by atoms with Gasteiger partial charge in [-0.1, -0.05) is 11.3 Å². The molecule has 28 heavy (non-hydrogen) atoms. The summed E-state index contributed by atoms with van der Waals surface area (Å²) >= 11 is 0. The van der Waals surface area contributed by atoms with Crippen molar-refractivity contribution in [2.45, 2.75) is 27.3 Å². The van der Waals surface area contributed by atoms with Gasteiger partial charge in [-0.3, -0.25) is 0 Å². The molecule has 0 saturated carbocycles. The molecule has 4 rings (SSSR count). The quantitative estimate of drug-likeness (QED) is 0.749. The van der Waals surface area contributed by atoms with Crippen LogP contribution in [-0.4, -0.2) is 62.1 Å². The molecule has 9 nitrogen and oxygen atoms in total. The number of anilines is 2. The van der Waals surface area contributed by atoms with Crippen molar-refractivity contribution in [2.75, 3.05) is 36.4 Å². The van der Waals surface area contributed by atoms with Gasteiger partial charge in [-0.2, -0.15) is 0 Å². The third-order valence-electron chi connectivity index (χ3n) is 4.92. The Morgan fingerprint density at radius 3 is 2.46 bits per heavy atom. The molecule has 146 valence electrons. The van der Waals surface area contributed by atoms with Gasteiger partial charge in [0.15, 0.2) is 17.0 Å². The highest BCUT2D eigenvalue weighted by Gasteiger charge is 2.24. The van der Waals surface area contributed by atoms with E-state index in [1.54, 1.807) is 11.0 Å². The van der Waals surface area contributed by atoms with Gasteiger partial charge in [0.2, 0.25) is 0 Å². The molecule has 1 aliphatic rings. The summed E-state index contributed by atoms with van der Waals surface area (Å²) in [5, 5.41) is 11.4. The first kappa shape index (κ1) is 18.1. The smallest absolute Gasteiger partial charge is 0.321 e. The predicted octanol–water partition coefficient (Wildman–Crippen LogP) is 2.21. The lowest BCUT2D eigenvalue weighted by molar-refractivity contribution is 0.208. The predicted molar refractivity (Wildman–Crippen MR) is 108 cm³/mol. The van der Waals surface area contributed by atoms with Gasteiger partial charge in [-0.15, -0.1) is 5.10 Å². The van der Waals surface area contributed by atoms with Gasteiger partial charge in [-0.25, -0.2) is 19.4 Å². The molecule has 0 radical (unpaired) electrons. The molecule has 0 atom stereocenters. The third-order valence-corrected chi connectivity index (χ3v) is 4.92. The second-order valence-electron chi connectivity index (χ2n) is 7.06. The maximum atomic E-state index is 12.6. The van der Waals surface area contributed by atoms with Gasteiger partial charge in [0.25, 0.3) is 0 Å². The van der Waals surface area contributed by atoms with Gasteiger partial charge < -0.3 is 15.1 Å². The molecule has 3 heterocycles. The molecule has 0 aliphatic carbocycles. The number of nitrogens with one attached hydrogen (secondary N) is 1. The minimum atomic E-state index is -0.0746. The number of carbonyl (C=O) groups excluding carboxylic acids is 1. The molecule has 0 spiro atoms. The number of urea groups is 1. The van der Waals surface area contributed by atoms with Crippen LogP contribution in [0.15, 0.2) is 24.5 Å². The summed E-state index contributed by atoms with van der Waals surface area (Å²) in [5.41, 5.74) is 4.54. The topological polar surface area (TPSA) is 92.1 Å². The number of nitrogens with zero attached hydrogens (tertiary/aromatic N) is 7. The molecule has 1 aliphatic heterocycles. The van der Waals surface area contributed by atoms with Crippen LogP contribution >= 0.6 is 0 Å². The highest BCUT2D eigenvalue weighted by molar-refractivity contribution is 5.90. The fraction of sp³-hybridized carbons (Fsp3) is 0.421. The molecule has 2 amide bonds. The van der Waals surface area contributed by atoms with Crippen molar-refractivity contribution < 1.29 is 4.79 Å². The van der Waals surface area contributed by atoms with Crippen LogP contribution in [-0.2, 0) is 6.54 Å². The van der Waals surface area contributed by atoms with Crippen LogP contribution in [0, 0.1) is 13.8 Å². The third kappa shape index (κ3) is 3.47. The monoisotopic (exact) mass is 380 g/mol. The van der Waals surface area contributed by atoms with Crippen molar-refractivity contribution in [1.29, 1.82) is 0 Å². The summed E-state index contributed by atoms with van der Waals surface area (Å²) in [6.45, 7) is 9.37. The number of hydrogen-bond donors (Lipinski definition) is 1. The summed E-state index contributed by atoms with van der Waals surface area (Å²) in [7, 11) is 0. The Morgan fingerprint density at radius 1 is 1.07 bits per heavy atom. The van der Waals surface area contributed by atoms with Crippen LogP contribution in [0.2, 0.25) is 0 Å². The molecule has 3 aromatic rings. The van der Waals surface area contributed by atoms with E-state index in [-0.39, 0.29) is 6.03 Å². The molecule has 1 saturated heterocycles. The zero-order valence-corrected chi connectivity index (χ0v) is 16.4. The summed E-state index contributed by atoms with van der Waals surface area (Å²) in [5.74, 6) is 0.777. The Hall–Kier alpha value is -3.23. The maximum absolute atomic E-state index is 12.6. The Morgan fingerprint density at radius 2 is 1.79 bits per heavy atom. The Kier molecular flexibility index (Phi) is 4.81. The summed E-state index contributed by atoms with van der Waals surface area (Å²) in [4.78, 5) is 25.3. The zero-order valence-electron chi connectivity index (χ0n) is 16.4. The second-order valence-corrected chi connectivity index (χ2v) is 7.06. The van der Waals surface area contributed by atoms with E-state index in [0.29, 0.717) is 38.2 Å². The largest absolute Gasteiger partial charge is 0.351 e. The Labute approximate surface area is 163 Å². The fourth-order valence-corrected chi connectivity index (χ4v) is 3.60. The number of amides is 2. The lowest BCUT2D eigenvalue weighted by Gasteiger charge is -2.35. The number of benzene rings is 1. The fourth-order valence-electron chi connectivity index (χ4n) is 3.60. The van der Waals surface area contributed by atoms with Crippen LogP contribution in [0.25, 0.3) is 11.2 Å². The molecule has 0 bridgehead atoms. The lowest BCUT2D eigenvalue weighted by atomic mass is 10.1. The SMILES string of the molecule is CCn1nnc2c(N3CCN(C(=O)Nc4cc(C)cc(C)c4)CC3)ncnc21. The average Bonchev–Trinajstić information content (AvgIpc) is 3.10. The van der Waals surface area contributed by atoms with Crippen molar-refractivity contribution in [3.05, 3.63) is 35.7 Å². The molecule has 2 aromatic heterocycles. The highest BCUT2D eigenvalue weighted by Crippen LogP contribution is 2.22. The van der Waals surface area contributed by atoms with Gasteiger partial charge in [0.05, 0.1) is 0 Å². The van der Waals surface area contributed by atoms with Gasteiger partial charge >= 0.3 is 6.03 Å². The van der Waals surface area contributed by atoms with E-state index in [2.05, 4.69) is 36.6 Å². The second kappa shape index (κ2) is 7.41. The Balaban J connectivity index is 1.43. The zero-order chi connectivity index (χ0) is 19.7. The van der Waals surface area contributed by atoms with Crippen LogP contribution in [0.5, 0.6) is 0 Å². The first-order valence-electron chi connectivity index (χ1n) is 9.48. The summed E-state index contributed by atoms with van der Waals surface area (Å²) in [6.07, 6.45) is 1.55. The van der Waals surface area contributed by atoms with Gasteiger partial charge in [0, 0.05) is 38.4 Å². The van der Waals surface area contributed by atoms with E-state index in [4.69, 9.17) is 0 Å². The molecule has 1 aromatic carbocycles. The minimum Gasteiger partial charge on any atom is -0.351 e. The number of hydrogen-bond acceptors (Lipinski definition) is 6. The van der Waals surface area contributed by atoms with E-state index < -0.39 is 0 Å². The van der Waals surface area contributed by atoms with E-state index in [1.165, 1.54) is 0 Å². The van der Waals surface area contributed by atoms with Gasteiger partial charge in [-0.05, 0) is 44.0 Å². The molecule has 0 unspecified atom stereocenters. The van der Waals surface area contributed by atoms with Crippen molar-refractivity contribution in [3.8, 4) is 0 Å². The number of aromatic nitrogens is 5.